The number of hydrogen-bond acceptors (Lipinski definition) is 7. The second-order valence-corrected chi connectivity index (χ2v) is 4.89. The Bertz CT molecular complexity index is 592. The molecule has 0 bridgehead atoms. The fraction of sp³-hybridized carbons (Fsp3) is 0.429. The fourth-order valence-electron chi connectivity index (χ4n) is 1.69. The van der Waals surface area contributed by atoms with Crippen LogP contribution in [-0.4, -0.2) is 40.7 Å². The first-order valence-electron chi connectivity index (χ1n) is 6.99. The highest BCUT2D eigenvalue weighted by molar-refractivity contribution is 6.04. The SMILES string of the molecule is CCCCOC(=O)C(N)(CNc1ccccc1[N+](=O)[O-])C(=O)O. The van der Waals surface area contributed by atoms with E-state index in [4.69, 9.17) is 10.5 Å². The summed E-state index contributed by atoms with van der Waals surface area (Å²) in [6, 6.07) is 5.65. The number of hydrogen-bond donors (Lipinski definition) is 3. The van der Waals surface area contributed by atoms with Gasteiger partial charge in [0.15, 0.2) is 0 Å². The van der Waals surface area contributed by atoms with Crippen LogP contribution in [0.3, 0.4) is 0 Å². The Morgan fingerprint density at radius 2 is 2.09 bits per heavy atom. The van der Waals surface area contributed by atoms with Gasteiger partial charge in [-0.05, 0) is 12.5 Å². The molecule has 0 radical (unpaired) electrons. The highest BCUT2D eigenvalue weighted by atomic mass is 16.6. The standard InChI is InChI=1S/C14H19N3O6/c1-2-3-8-23-13(20)14(15,12(18)19)9-16-10-6-4-5-7-11(10)17(21)22/h4-7,16H,2-3,8-9,15H2,1H3,(H,18,19). The van der Waals surface area contributed by atoms with E-state index < -0.39 is 28.9 Å². The van der Waals surface area contributed by atoms with E-state index in [9.17, 15) is 24.8 Å². The maximum Gasteiger partial charge on any atom is 0.339 e. The molecule has 9 nitrogen and oxygen atoms in total. The number of carboxylic acid groups (broad SMARTS) is 1. The third-order valence-corrected chi connectivity index (χ3v) is 3.14. The Morgan fingerprint density at radius 1 is 1.43 bits per heavy atom. The van der Waals surface area contributed by atoms with Gasteiger partial charge in [-0.1, -0.05) is 25.5 Å². The van der Waals surface area contributed by atoms with Gasteiger partial charge >= 0.3 is 11.9 Å². The van der Waals surface area contributed by atoms with Crippen molar-refractivity contribution in [3.63, 3.8) is 0 Å². The topological polar surface area (TPSA) is 145 Å². The normalized spacial score (nSPS) is 13.0. The number of anilines is 1. The molecule has 1 aromatic rings. The lowest BCUT2D eigenvalue weighted by Crippen LogP contribution is -2.60. The maximum atomic E-state index is 11.9. The van der Waals surface area contributed by atoms with Gasteiger partial charge in [-0.25, -0.2) is 9.59 Å². The Morgan fingerprint density at radius 3 is 2.65 bits per heavy atom. The van der Waals surface area contributed by atoms with Crippen LogP contribution in [0.15, 0.2) is 24.3 Å². The van der Waals surface area contributed by atoms with Crippen molar-refractivity contribution < 1.29 is 24.4 Å². The van der Waals surface area contributed by atoms with Crippen LogP contribution in [0.25, 0.3) is 0 Å². The number of nitro benzene ring substituents is 1. The zero-order chi connectivity index (χ0) is 17.5. The number of nitrogens with zero attached hydrogens (tertiary/aromatic N) is 1. The summed E-state index contributed by atoms with van der Waals surface area (Å²) in [7, 11) is 0. The third kappa shape index (κ3) is 4.65. The predicted octanol–water partition coefficient (Wildman–Crippen LogP) is 1.13. The quantitative estimate of drug-likeness (QED) is 0.201. The van der Waals surface area contributed by atoms with E-state index in [-0.39, 0.29) is 18.0 Å². The van der Waals surface area contributed by atoms with Crippen molar-refractivity contribution in [1.29, 1.82) is 0 Å². The number of nitrogens with two attached hydrogens (primary N) is 1. The van der Waals surface area contributed by atoms with Crippen LogP contribution >= 0.6 is 0 Å². The summed E-state index contributed by atoms with van der Waals surface area (Å²) in [5, 5.41) is 22.7. The number of unbranched alkanes of at least 4 members (excludes halogenated alkanes) is 1. The summed E-state index contributed by atoms with van der Waals surface area (Å²) < 4.78 is 4.86. The maximum absolute atomic E-state index is 11.9. The molecule has 1 rings (SSSR count). The minimum absolute atomic E-state index is 0.0625. The predicted molar refractivity (Wildman–Crippen MR) is 82.0 cm³/mol. The highest BCUT2D eigenvalue weighted by Crippen LogP contribution is 2.23. The molecule has 0 aliphatic heterocycles. The molecule has 1 atom stereocenters. The second-order valence-electron chi connectivity index (χ2n) is 4.89. The van der Waals surface area contributed by atoms with Gasteiger partial charge in [0.25, 0.3) is 5.69 Å². The van der Waals surface area contributed by atoms with Crippen LogP contribution in [0.2, 0.25) is 0 Å². The summed E-state index contributed by atoms with van der Waals surface area (Å²) in [6.07, 6.45) is 1.35. The van der Waals surface area contributed by atoms with E-state index in [1.165, 1.54) is 24.3 Å². The Kier molecular flexibility index (Phi) is 6.46. The number of carbonyl (C=O) groups is 2. The molecule has 0 aliphatic rings. The zero-order valence-corrected chi connectivity index (χ0v) is 12.7. The van der Waals surface area contributed by atoms with Crippen molar-refractivity contribution >= 4 is 23.3 Å². The molecular weight excluding hydrogens is 306 g/mol. The van der Waals surface area contributed by atoms with Crippen molar-refractivity contribution in [3.05, 3.63) is 34.4 Å². The van der Waals surface area contributed by atoms with Gasteiger partial charge in [-0.15, -0.1) is 0 Å². The Hall–Kier alpha value is -2.68. The Balaban J connectivity index is 2.87. The largest absolute Gasteiger partial charge is 0.479 e. The zero-order valence-electron chi connectivity index (χ0n) is 12.7. The summed E-state index contributed by atoms with van der Waals surface area (Å²) in [6.45, 7) is 1.40. The lowest BCUT2D eigenvalue weighted by Gasteiger charge is -2.23. The van der Waals surface area contributed by atoms with Gasteiger partial charge < -0.3 is 20.9 Å². The molecule has 0 saturated heterocycles. The number of rotatable bonds is 9. The molecule has 126 valence electrons. The van der Waals surface area contributed by atoms with E-state index >= 15 is 0 Å². The van der Waals surface area contributed by atoms with Crippen molar-refractivity contribution in [1.82, 2.24) is 0 Å². The molecule has 4 N–H and O–H groups in total. The van der Waals surface area contributed by atoms with E-state index in [1.54, 1.807) is 0 Å². The molecule has 0 aliphatic carbocycles. The van der Waals surface area contributed by atoms with Gasteiger partial charge in [0.05, 0.1) is 18.1 Å². The van der Waals surface area contributed by atoms with Crippen molar-refractivity contribution in [3.8, 4) is 0 Å². The molecule has 0 spiro atoms. The van der Waals surface area contributed by atoms with Crippen molar-refractivity contribution in [2.75, 3.05) is 18.5 Å². The minimum atomic E-state index is -2.34. The summed E-state index contributed by atoms with van der Waals surface area (Å²) in [4.78, 5) is 33.5. The van der Waals surface area contributed by atoms with Crippen LogP contribution < -0.4 is 11.1 Å². The molecule has 0 heterocycles. The highest BCUT2D eigenvalue weighted by Gasteiger charge is 2.44. The van der Waals surface area contributed by atoms with Crippen LogP contribution in [0.5, 0.6) is 0 Å². The number of carbonyl (C=O) groups excluding carboxylic acids is 1. The molecule has 0 saturated carbocycles. The Labute approximate surface area is 132 Å². The van der Waals surface area contributed by atoms with Gasteiger partial charge in [0, 0.05) is 6.07 Å². The average molecular weight is 325 g/mol. The lowest BCUT2D eigenvalue weighted by atomic mass is 10.0. The van der Waals surface area contributed by atoms with Crippen molar-refractivity contribution in [2.45, 2.75) is 25.3 Å². The van der Waals surface area contributed by atoms with Gasteiger partial charge in [-0.3, -0.25) is 10.1 Å². The van der Waals surface area contributed by atoms with Crippen LogP contribution in [0.4, 0.5) is 11.4 Å². The van der Waals surface area contributed by atoms with Gasteiger partial charge in [0.1, 0.15) is 5.69 Å². The molecule has 1 aromatic carbocycles. The summed E-state index contributed by atoms with van der Waals surface area (Å²) in [5.74, 6) is -2.67. The summed E-state index contributed by atoms with van der Waals surface area (Å²) >= 11 is 0. The van der Waals surface area contributed by atoms with E-state index in [0.717, 1.165) is 6.42 Å². The molecule has 1 unspecified atom stereocenters. The monoisotopic (exact) mass is 325 g/mol. The smallest absolute Gasteiger partial charge is 0.339 e. The molecular formula is C14H19N3O6. The summed E-state index contributed by atoms with van der Waals surface area (Å²) in [5.41, 5.74) is 3.11. The number of ether oxygens (including phenoxy) is 1. The first-order chi connectivity index (χ1) is 10.8. The molecule has 0 fully saturated rings. The fourth-order valence-corrected chi connectivity index (χ4v) is 1.69. The van der Waals surface area contributed by atoms with E-state index in [2.05, 4.69) is 5.32 Å². The minimum Gasteiger partial charge on any atom is -0.479 e. The van der Waals surface area contributed by atoms with Crippen LogP contribution in [-0.2, 0) is 14.3 Å². The average Bonchev–Trinajstić information content (AvgIpc) is 2.52. The molecule has 0 aromatic heterocycles. The van der Waals surface area contributed by atoms with Crippen molar-refractivity contribution in [2.24, 2.45) is 5.73 Å². The second kappa shape index (κ2) is 8.08. The van der Waals surface area contributed by atoms with E-state index in [0.29, 0.717) is 6.42 Å². The first kappa shape index (κ1) is 18.4. The molecule has 23 heavy (non-hydrogen) atoms. The molecule has 0 amide bonds. The van der Waals surface area contributed by atoms with Gasteiger partial charge in [0.2, 0.25) is 5.54 Å². The molecule has 9 heteroatoms. The van der Waals surface area contributed by atoms with E-state index in [1.807, 2.05) is 6.92 Å². The first-order valence-corrected chi connectivity index (χ1v) is 6.99. The lowest BCUT2D eigenvalue weighted by molar-refractivity contribution is -0.384. The van der Waals surface area contributed by atoms with Gasteiger partial charge in [-0.2, -0.15) is 0 Å². The number of nitrogens with one attached hydrogen (secondary N) is 1. The number of aliphatic carboxylic acids is 1. The number of para-hydroxylation sites is 2. The van der Waals surface area contributed by atoms with Crippen LogP contribution in [0, 0.1) is 10.1 Å². The number of carboxylic acids is 1. The number of nitro groups is 1. The number of benzene rings is 1. The number of esters is 1. The van der Waals surface area contributed by atoms with Crippen LogP contribution in [0.1, 0.15) is 19.8 Å². The third-order valence-electron chi connectivity index (χ3n) is 3.14.